The van der Waals surface area contributed by atoms with Crippen LogP contribution in [-0.2, 0) is 14.6 Å². The lowest BCUT2D eigenvalue weighted by atomic mass is 10.0. The first-order valence-electron chi connectivity index (χ1n) is 6.89. The minimum absolute atomic E-state index is 0.0593. The number of hydrogen-bond acceptors (Lipinski definition) is 4. The van der Waals surface area contributed by atoms with Crippen LogP contribution in [0.25, 0.3) is 0 Å². The Balaban J connectivity index is 2.88. The fourth-order valence-corrected chi connectivity index (χ4v) is 2.78. The number of nitrogens with zero attached hydrogens (tertiary/aromatic N) is 1. The number of hydrogen-bond donors (Lipinski definition) is 1. The molecule has 0 radical (unpaired) electrons. The van der Waals surface area contributed by atoms with Gasteiger partial charge in [-0.05, 0) is 31.7 Å². The molecular weight excluding hydrogens is 288 g/mol. The van der Waals surface area contributed by atoms with Crippen LogP contribution in [0.2, 0.25) is 0 Å². The molecule has 2 unspecified atom stereocenters. The average Bonchev–Trinajstić information content (AvgIpc) is 2.44. The van der Waals surface area contributed by atoms with Crippen LogP contribution in [0.4, 0.5) is 0 Å². The van der Waals surface area contributed by atoms with Crippen molar-refractivity contribution < 1.29 is 13.2 Å². The van der Waals surface area contributed by atoms with Crippen LogP contribution in [0.15, 0.2) is 29.2 Å². The van der Waals surface area contributed by atoms with Crippen molar-refractivity contribution in [2.75, 3.05) is 26.9 Å². The monoisotopic (exact) mass is 312 g/mol. The van der Waals surface area contributed by atoms with Crippen LogP contribution < -0.4 is 5.32 Å². The van der Waals surface area contributed by atoms with E-state index in [9.17, 15) is 13.2 Å². The Bertz CT molecular complexity index is 581. The molecule has 2 atom stereocenters. The van der Waals surface area contributed by atoms with E-state index in [1.165, 1.54) is 6.26 Å². The molecule has 118 valence electrons. The summed E-state index contributed by atoms with van der Waals surface area (Å²) in [7, 11) is 0.393. The zero-order chi connectivity index (χ0) is 16.2. The first-order valence-corrected chi connectivity index (χ1v) is 8.79. The minimum atomic E-state index is -3.19. The second-order valence-corrected chi connectivity index (χ2v) is 7.44. The highest BCUT2D eigenvalue weighted by atomic mass is 32.2. The Morgan fingerprint density at radius 2 is 1.76 bits per heavy atom. The van der Waals surface area contributed by atoms with Crippen molar-refractivity contribution in [1.82, 2.24) is 10.2 Å². The Hall–Kier alpha value is -1.40. The van der Waals surface area contributed by atoms with E-state index < -0.39 is 9.84 Å². The summed E-state index contributed by atoms with van der Waals surface area (Å²) in [5.41, 5.74) is 0.912. The van der Waals surface area contributed by atoms with E-state index >= 15 is 0 Å². The summed E-state index contributed by atoms with van der Waals surface area (Å²) in [4.78, 5) is 14.2. The van der Waals surface area contributed by atoms with Crippen molar-refractivity contribution in [3.05, 3.63) is 29.8 Å². The lowest BCUT2D eigenvalue weighted by Crippen LogP contribution is -2.37. The van der Waals surface area contributed by atoms with Gasteiger partial charge in [-0.3, -0.25) is 4.79 Å². The number of sulfone groups is 1. The molecule has 0 aromatic heterocycles. The van der Waals surface area contributed by atoms with Crippen LogP contribution >= 0.6 is 0 Å². The van der Waals surface area contributed by atoms with Crippen LogP contribution in [-0.4, -0.2) is 46.1 Å². The van der Waals surface area contributed by atoms with Gasteiger partial charge in [0.25, 0.3) is 0 Å². The predicted molar refractivity (Wildman–Crippen MR) is 83.8 cm³/mol. The summed E-state index contributed by atoms with van der Waals surface area (Å²) in [6.45, 7) is 4.44. The van der Waals surface area contributed by atoms with E-state index in [1.807, 2.05) is 20.9 Å². The Kier molecular flexibility index (Phi) is 5.92. The highest BCUT2D eigenvalue weighted by Crippen LogP contribution is 2.22. The maximum Gasteiger partial charge on any atom is 0.226 e. The molecule has 0 heterocycles. The predicted octanol–water partition coefficient (Wildman–Crippen LogP) is 1.47. The molecule has 0 aliphatic rings. The van der Waals surface area contributed by atoms with Gasteiger partial charge in [0.05, 0.1) is 10.9 Å². The van der Waals surface area contributed by atoms with Crippen molar-refractivity contribution in [3.8, 4) is 0 Å². The number of amides is 1. The molecule has 0 aliphatic heterocycles. The van der Waals surface area contributed by atoms with E-state index in [-0.39, 0.29) is 22.8 Å². The highest BCUT2D eigenvalue weighted by Gasteiger charge is 2.22. The molecule has 1 aromatic rings. The van der Waals surface area contributed by atoms with Gasteiger partial charge in [0, 0.05) is 25.8 Å². The van der Waals surface area contributed by atoms with E-state index in [4.69, 9.17) is 0 Å². The van der Waals surface area contributed by atoms with Crippen molar-refractivity contribution in [3.63, 3.8) is 0 Å². The van der Waals surface area contributed by atoms with Gasteiger partial charge in [-0.15, -0.1) is 0 Å². The minimum Gasteiger partial charge on any atom is -0.339 e. The summed E-state index contributed by atoms with van der Waals surface area (Å²) in [6, 6.07) is 6.57. The molecule has 0 saturated carbocycles. The third kappa shape index (κ3) is 4.54. The Morgan fingerprint density at radius 3 is 2.19 bits per heavy atom. The zero-order valence-electron chi connectivity index (χ0n) is 13.3. The number of carbonyl (C=O) groups is 1. The maximum atomic E-state index is 12.3. The van der Waals surface area contributed by atoms with Gasteiger partial charge < -0.3 is 10.2 Å². The van der Waals surface area contributed by atoms with Gasteiger partial charge in [-0.2, -0.15) is 0 Å². The molecule has 0 bridgehead atoms. The second-order valence-electron chi connectivity index (χ2n) is 5.43. The third-order valence-electron chi connectivity index (χ3n) is 3.65. The summed E-state index contributed by atoms with van der Waals surface area (Å²) >= 11 is 0. The van der Waals surface area contributed by atoms with Crippen LogP contribution in [0, 0.1) is 5.92 Å². The van der Waals surface area contributed by atoms with Gasteiger partial charge in [0.2, 0.25) is 5.91 Å². The second kappa shape index (κ2) is 7.04. The van der Waals surface area contributed by atoms with Gasteiger partial charge >= 0.3 is 0 Å². The molecule has 1 amide bonds. The molecule has 0 spiro atoms. The summed E-state index contributed by atoms with van der Waals surface area (Å²) < 4.78 is 22.9. The summed E-state index contributed by atoms with van der Waals surface area (Å²) in [6.07, 6.45) is 1.18. The third-order valence-corrected chi connectivity index (χ3v) is 4.78. The summed E-state index contributed by atoms with van der Waals surface area (Å²) in [5, 5.41) is 2.99. The number of nitrogens with one attached hydrogen (secondary N) is 1. The van der Waals surface area contributed by atoms with Crippen molar-refractivity contribution >= 4 is 15.7 Å². The maximum absolute atomic E-state index is 12.3. The normalized spacial score (nSPS) is 14.5. The molecule has 1 N–H and O–H groups in total. The zero-order valence-corrected chi connectivity index (χ0v) is 14.1. The summed E-state index contributed by atoms with van der Waals surface area (Å²) in [5.74, 6) is -0.0400. The van der Waals surface area contributed by atoms with E-state index in [0.29, 0.717) is 6.54 Å². The molecule has 21 heavy (non-hydrogen) atoms. The standard InChI is InChI=1S/C15H24N2O3S/c1-11(10-16-3)15(18)17(4)12(2)13-6-8-14(9-7-13)21(5,19)20/h6-9,11-12,16H,10H2,1-5H3. The van der Waals surface area contributed by atoms with Crippen LogP contribution in [0.3, 0.4) is 0 Å². The average molecular weight is 312 g/mol. The van der Waals surface area contributed by atoms with Gasteiger partial charge in [-0.1, -0.05) is 19.1 Å². The molecule has 1 rings (SSSR count). The molecule has 0 fully saturated rings. The van der Waals surface area contributed by atoms with E-state index in [1.54, 1.807) is 36.2 Å². The molecule has 6 heteroatoms. The smallest absolute Gasteiger partial charge is 0.226 e. The Labute approximate surface area is 127 Å². The van der Waals surface area contributed by atoms with Crippen molar-refractivity contribution in [2.45, 2.75) is 24.8 Å². The Morgan fingerprint density at radius 1 is 1.24 bits per heavy atom. The first-order chi connectivity index (χ1) is 9.68. The van der Waals surface area contributed by atoms with E-state index in [2.05, 4.69) is 5.32 Å². The lowest BCUT2D eigenvalue weighted by Gasteiger charge is -2.28. The molecular formula is C15H24N2O3S. The SMILES string of the molecule is CNCC(C)C(=O)N(C)C(C)c1ccc(S(C)(=O)=O)cc1. The fourth-order valence-electron chi connectivity index (χ4n) is 2.15. The highest BCUT2D eigenvalue weighted by molar-refractivity contribution is 7.90. The largest absolute Gasteiger partial charge is 0.339 e. The lowest BCUT2D eigenvalue weighted by molar-refractivity contribution is -0.135. The first kappa shape index (κ1) is 17.7. The molecule has 5 nitrogen and oxygen atoms in total. The van der Waals surface area contributed by atoms with Gasteiger partial charge in [-0.25, -0.2) is 8.42 Å². The number of benzene rings is 1. The van der Waals surface area contributed by atoms with Crippen LogP contribution in [0.5, 0.6) is 0 Å². The van der Waals surface area contributed by atoms with Crippen molar-refractivity contribution in [1.29, 1.82) is 0 Å². The number of rotatable bonds is 6. The van der Waals surface area contributed by atoms with Gasteiger partial charge in [0.1, 0.15) is 0 Å². The molecule has 0 saturated heterocycles. The van der Waals surface area contributed by atoms with Crippen LogP contribution in [0.1, 0.15) is 25.5 Å². The number of carbonyl (C=O) groups excluding carboxylic acids is 1. The molecule has 0 aliphatic carbocycles. The van der Waals surface area contributed by atoms with Gasteiger partial charge in [0.15, 0.2) is 9.84 Å². The topological polar surface area (TPSA) is 66.5 Å². The van der Waals surface area contributed by atoms with Crippen molar-refractivity contribution in [2.24, 2.45) is 5.92 Å². The fraction of sp³-hybridized carbons (Fsp3) is 0.533. The van der Waals surface area contributed by atoms with E-state index in [0.717, 1.165) is 5.56 Å². The quantitative estimate of drug-likeness (QED) is 0.864. The molecule has 1 aromatic carbocycles.